The van der Waals surface area contributed by atoms with E-state index in [1.165, 1.54) is 0 Å². The molecule has 2 aliphatic heterocycles. The lowest BCUT2D eigenvalue weighted by atomic mass is 9.91. The van der Waals surface area contributed by atoms with Crippen molar-refractivity contribution < 1.29 is 23.9 Å². The lowest BCUT2D eigenvalue weighted by Crippen LogP contribution is -2.47. The van der Waals surface area contributed by atoms with Crippen molar-refractivity contribution in [2.75, 3.05) is 33.3 Å². The number of likely N-dealkylation sites (tertiary alicyclic amines) is 2. The van der Waals surface area contributed by atoms with Crippen LogP contribution in [0, 0.1) is 11.8 Å². The maximum Gasteiger partial charge on any atom is 0.225 e. The molecule has 33 heavy (non-hydrogen) atoms. The van der Waals surface area contributed by atoms with Gasteiger partial charge in [0, 0.05) is 57.4 Å². The zero-order valence-electron chi connectivity index (χ0n) is 19.3. The van der Waals surface area contributed by atoms with Gasteiger partial charge in [0.25, 0.3) is 0 Å². The number of nitrogens with one attached hydrogen (secondary N) is 1. The quantitative estimate of drug-likeness (QED) is 0.603. The summed E-state index contributed by atoms with van der Waals surface area (Å²) in [6, 6.07) is 7.44. The molecule has 3 N–H and O–H groups in total. The van der Waals surface area contributed by atoms with Crippen molar-refractivity contribution in [2.24, 2.45) is 17.6 Å². The Bertz CT molecular complexity index is 841. The molecule has 2 saturated heterocycles. The molecule has 1 aromatic carbocycles. The summed E-state index contributed by atoms with van der Waals surface area (Å²) in [7, 11) is 1.60. The molecule has 1 aromatic rings. The monoisotopic (exact) mass is 458 g/mol. The summed E-state index contributed by atoms with van der Waals surface area (Å²) in [5.41, 5.74) is 6.32. The van der Waals surface area contributed by atoms with E-state index in [4.69, 9.17) is 10.5 Å². The number of carbonyl (C=O) groups is 4. The number of hydrogen-bond acceptors (Lipinski definition) is 5. The smallest absolute Gasteiger partial charge is 0.225 e. The summed E-state index contributed by atoms with van der Waals surface area (Å²) in [6.45, 7) is 2.59. The number of methoxy groups -OCH3 is 1. The van der Waals surface area contributed by atoms with Gasteiger partial charge >= 0.3 is 0 Å². The molecule has 2 aliphatic rings. The van der Waals surface area contributed by atoms with Gasteiger partial charge in [0.1, 0.15) is 5.75 Å². The van der Waals surface area contributed by atoms with Crippen molar-refractivity contribution in [1.29, 1.82) is 0 Å². The van der Waals surface area contributed by atoms with Gasteiger partial charge in [-0.15, -0.1) is 0 Å². The third-order valence-corrected chi connectivity index (χ3v) is 6.62. The minimum atomic E-state index is -0.289. The molecule has 0 unspecified atom stereocenters. The zero-order valence-corrected chi connectivity index (χ0v) is 19.3. The Morgan fingerprint density at radius 1 is 0.909 bits per heavy atom. The first kappa shape index (κ1) is 24.5. The molecule has 2 heterocycles. The number of nitrogens with zero attached hydrogens (tertiary/aromatic N) is 2. The average molecular weight is 459 g/mol. The summed E-state index contributed by atoms with van der Waals surface area (Å²) >= 11 is 0. The van der Waals surface area contributed by atoms with Gasteiger partial charge in [-0.25, -0.2) is 0 Å². The van der Waals surface area contributed by atoms with Crippen LogP contribution in [-0.4, -0.2) is 66.7 Å². The van der Waals surface area contributed by atoms with Crippen LogP contribution in [0.2, 0.25) is 0 Å². The number of piperidine rings is 2. The Hall–Kier alpha value is -3.10. The molecule has 0 aromatic heterocycles. The van der Waals surface area contributed by atoms with Crippen LogP contribution in [0.1, 0.15) is 44.1 Å². The van der Waals surface area contributed by atoms with Gasteiger partial charge in [-0.3, -0.25) is 19.2 Å². The fourth-order valence-corrected chi connectivity index (χ4v) is 4.43. The molecule has 9 nitrogen and oxygen atoms in total. The fourth-order valence-electron chi connectivity index (χ4n) is 4.43. The predicted molar refractivity (Wildman–Crippen MR) is 122 cm³/mol. The number of nitrogens with two attached hydrogens (primary N) is 1. The molecule has 4 amide bonds. The Labute approximate surface area is 194 Å². The largest absolute Gasteiger partial charge is 0.497 e. The molecule has 0 aliphatic carbocycles. The van der Waals surface area contributed by atoms with Gasteiger partial charge in [0.05, 0.1) is 7.11 Å². The highest BCUT2D eigenvalue weighted by atomic mass is 16.5. The number of hydrogen-bond donors (Lipinski definition) is 2. The Kier molecular flexibility index (Phi) is 8.68. The lowest BCUT2D eigenvalue weighted by molar-refractivity contribution is -0.142. The van der Waals surface area contributed by atoms with E-state index in [0.717, 1.165) is 11.3 Å². The maximum atomic E-state index is 12.8. The first-order valence-corrected chi connectivity index (χ1v) is 11.6. The Morgan fingerprint density at radius 3 is 2.06 bits per heavy atom. The highest BCUT2D eigenvalue weighted by Crippen LogP contribution is 2.24. The molecular formula is C24H34N4O5. The van der Waals surface area contributed by atoms with Crippen molar-refractivity contribution in [2.45, 2.75) is 45.1 Å². The number of ether oxygens (including phenoxy) is 1. The maximum absolute atomic E-state index is 12.8. The van der Waals surface area contributed by atoms with Gasteiger partial charge in [0.2, 0.25) is 23.6 Å². The van der Waals surface area contributed by atoms with Crippen molar-refractivity contribution >= 4 is 23.6 Å². The van der Waals surface area contributed by atoms with Crippen LogP contribution in [0.4, 0.5) is 0 Å². The minimum Gasteiger partial charge on any atom is -0.497 e. The average Bonchev–Trinajstić information content (AvgIpc) is 2.86. The van der Waals surface area contributed by atoms with E-state index in [1.54, 1.807) is 12.0 Å². The van der Waals surface area contributed by atoms with Crippen LogP contribution in [0.25, 0.3) is 0 Å². The van der Waals surface area contributed by atoms with Crippen molar-refractivity contribution in [3.05, 3.63) is 29.8 Å². The number of amides is 4. The number of primary amides is 1. The third kappa shape index (κ3) is 6.94. The molecule has 0 spiro atoms. The van der Waals surface area contributed by atoms with E-state index < -0.39 is 0 Å². The molecule has 0 bridgehead atoms. The first-order valence-electron chi connectivity index (χ1n) is 11.6. The second-order valence-electron chi connectivity index (χ2n) is 8.78. The van der Waals surface area contributed by atoms with Gasteiger partial charge in [-0.05, 0) is 43.4 Å². The summed E-state index contributed by atoms with van der Waals surface area (Å²) in [5, 5.41) is 2.83. The first-order chi connectivity index (χ1) is 15.9. The molecule has 9 heteroatoms. The van der Waals surface area contributed by atoms with Crippen LogP contribution >= 0.6 is 0 Å². The van der Waals surface area contributed by atoms with E-state index in [0.29, 0.717) is 58.4 Å². The zero-order chi connectivity index (χ0) is 23.8. The standard InChI is InChI=1S/C24H34N4O5/c1-33-20-4-2-17(3-5-20)16-26-21(29)6-7-22(30)27-12-10-19(11-13-27)24(32)28-14-8-18(9-15-28)23(25)31/h2-5,18-19H,6-16H2,1H3,(H2,25,31)(H,26,29). The molecule has 0 saturated carbocycles. The topological polar surface area (TPSA) is 122 Å². The second kappa shape index (κ2) is 11.7. The number of rotatable bonds is 8. The SMILES string of the molecule is COc1ccc(CNC(=O)CCC(=O)N2CCC(C(=O)N3CCC(C(N)=O)CC3)CC2)cc1. The van der Waals surface area contributed by atoms with Crippen molar-refractivity contribution in [3.8, 4) is 5.75 Å². The summed E-state index contributed by atoms with van der Waals surface area (Å²) in [5.74, 6) is 0.139. The van der Waals surface area contributed by atoms with Gasteiger partial charge in [-0.2, -0.15) is 0 Å². The minimum absolute atomic E-state index is 0.0530. The molecule has 3 rings (SSSR count). The van der Waals surface area contributed by atoms with Crippen LogP contribution in [0.3, 0.4) is 0 Å². The van der Waals surface area contributed by atoms with E-state index in [9.17, 15) is 19.2 Å². The number of benzene rings is 1. The normalized spacial score (nSPS) is 17.5. The van der Waals surface area contributed by atoms with Crippen LogP contribution in [0.5, 0.6) is 5.75 Å². The second-order valence-corrected chi connectivity index (χ2v) is 8.78. The van der Waals surface area contributed by atoms with Gasteiger partial charge in [0.15, 0.2) is 0 Å². The van der Waals surface area contributed by atoms with E-state index in [2.05, 4.69) is 5.32 Å². The van der Waals surface area contributed by atoms with E-state index in [-0.39, 0.29) is 48.3 Å². The molecule has 0 radical (unpaired) electrons. The molecule has 180 valence electrons. The highest BCUT2D eigenvalue weighted by Gasteiger charge is 2.33. The fraction of sp³-hybridized carbons (Fsp3) is 0.583. The summed E-state index contributed by atoms with van der Waals surface area (Å²) < 4.78 is 5.11. The van der Waals surface area contributed by atoms with Crippen LogP contribution < -0.4 is 15.8 Å². The number of carbonyl (C=O) groups excluding carboxylic acids is 4. The van der Waals surface area contributed by atoms with E-state index in [1.807, 2.05) is 29.2 Å². The highest BCUT2D eigenvalue weighted by molar-refractivity contribution is 5.84. The summed E-state index contributed by atoms with van der Waals surface area (Å²) in [4.78, 5) is 52.3. The molecule has 0 atom stereocenters. The molecule has 2 fully saturated rings. The Morgan fingerprint density at radius 2 is 1.48 bits per heavy atom. The van der Waals surface area contributed by atoms with E-state index >= 15 is 0 Å². The lowest BCUT2D eigenvalue weighted by Gasteiger charge is -2.36. The third-order valence-electron chi connectivity index (χ3n) is 6.62. The summed E-state index contributed by atoms with van der Waals surface area (Å²) in [6.07, 6.45) is 2.81. The van der Waals surface area contributed by atoms with Crippen LogP contribution in [0.15, 0.2) is 24.3 Å². The van der Waals surface area contributed by atoms with Crippen molar-refractivity contribution in [1.82, 2.24) is 15.1 Å². The van der Waals surface area contributed by atoms with Gasteiger partial charge in [-0.1, -0.05) is 12.1 Å². The predicted octanol–water partition coefficient (Wildman–Crippen LogP) is 1.05. The molecular weight excluding hydrogens is 424 g/mol. The Balaban J connectivity index is 1.33. The van der Waals surface area contributed by atoms with Crippen molar-refractivity contribution in [3.63, 3.8) is 0 Å². The van der Waals surface area contributed by atoms with Crippen LogP contribution in [-0.2, 0) is 25.7 Å². The van der Waals surface area contributed by atoms with Gasteiger partial charge < -0.3 is 25.6 Å².